The first-order chi connectivity index (χ1) is 17.1. The summed E-state index contributed by atoms with van der Waals surface area (Å²) in [5, 5.41) is 2.75. The highest BCUT2D eigenvalue weighted by atomic mass is 79.9. The highest BCUT2D eigenvalue weighted by Gasteiger charge is 2.32. The number of carbonyl (C=O) groups is 2. The molecule has 2 amide bonds. The second-order valence-electron chi connectivity index (χ2n) is 8.38. The lowest BCUT2D eigenvalue weighted by atomic mass is 10.1. The number of nitrogens with one attached hydrogen (secondary N) is 1. The van der Waals surface area contributed by atoms with E-state index in [1.165, 1.54) is 17.0 Å². The zero-order valence-corrected chi connectivity index (χ0v) is 22.9. The van der Waals surface area contributed by atoms with Crippen LogP contribution in [0.15, 0.2) is 88.2 Å². The Labute approximate surface area is 221 Å². The van der Waals surface area contributed by atoms with Gasteiger partial charge in [-0.25, -0.2) is 8.42 Å². The number of benzene rings is 3. The minimum atomic E-state index is -4.05. The normalized spacial score (nSPS) is 12.0. The Kier molecular flexibility index (Phi) is 9.28. The Morgan fingerprint density at radius 2 is 1.64 bits per heavy atom. The number of likely N-dealkylation sites (N-methyl/N-ethyl adjacent to an activating group) is 1. The average molecular weight is 573 g/mol. The van der Waals surface area contributed by atoms with E-state index in [0.29, 0.717) is 12.2 Å². The minimum absolute atomic E-state index is 0.0775. The number of aryl methyl sites for hydroxylation is 1. The summed E-state index contributed by atoms with van der Waals surface area (Å²) in [5.41, 5.74) is 2.14. The Hall–Kier alpha value is -3.17. The van der Waals surface area contributed by atoms with Crippen molar-refractivity contribution in [3.63, 3.8) is 0 Å². The molecule has 0 heterocycles. The number of carbonyl (C=O) groups excluding carboxylic acids is 2. The molecule has 36 heavy (non-hydrogen) atoms. The van der Waals surface area contributed by atoms with Crippen LogP contribution in [0.25, 0.3) is 0 Å². The molecule has 0 saturated carbocycles. The molecule has 0 aliphatic carbocycles. The molecule has 0 bridgehead atoms. The van der Waals surface area contributed by atoms with Crippen LogP contribution in [0, 0.1) is 6.92 Å². The molecule has 0 aliphatic rings. The highest BCUT2D eigenvalue weighted by Crippen LogP contribution is 2.25. The highest BCUT2D eigenvalue weighted by molar-refractivity contribution is 9.10. The number of hydrogen-bond donors (Lipinski definition) is 1. The van der Waals surface area contributed by atoms with E-state index in [0.717, 1.165) is 19.9 Å². The minimum Gasteiger partial charge on any atom is -0.355 e. The third-order valence-corrected chi connectivity index (χ3v) is 7.97. The monoisotopic (exact) mass is 571 g/mol. The largest absolute Gasteiger partial charge is 0.355 e. The van der Waals surface area contributed by atoms with Crippen LogP contribution in [0.2, 0.25) is 0 Å². The van der Waals surface area contributed by atoms with Crippen LogP contribution in [0.3, 0.4) is 0 Å². The molecule has 0 spiro atoms. The van der Waals surface area contributed by atoms with Crippen LogP contribution in [0.4, 0.5) is 5.69 Å². The number of amides is 2. The maximum Gasteiger partial charge on any atom is 0.264 e. The van der Waals surface area contributed by atoms with E-state index < -0.39 is 28.5 Å². The van der Waals surface area contributed by atoms with E-state index in [4.69, 9.17) is 0 Å². The fraction of sp³-hybridized carbons (Fsp3) is 0.259. The number of rotatable bonds is 10. The summed E-state index contributed by atoms with van der Waals surface area (Å²) >= 11 is 3.44. The van der Waals surface area contributed by atoms with E-state index in [-0.39, 0.29) is 17.3 Å². The molecule has 0 saturated heterocycles. The molecular weight excluding hydrogens is 542 g/mol. The molecular formula is C27H30BrN3O4S. The molecule has 7 nitrogen and oxygen atoms in total. The van der Waals surface area contributed by atoms with Gasteiger partial charge in [-0.05, 0) is 62.7 Å². The molecule has 0 fully saturated rings. The summed E-state index contributed by atoms with van der Waals surface area (Å²) in [5.74, 6) is -0.803. The fourth-order valence-electron chi connectivity index (χ4n) is 3.70. The number of sulfonamides is 1. The van der Waals surface area contributed by atoms with E-state index in [9.17, 15) is 18.0 Å². The van der Waals surface area contributed by atoms with Crippen LogP contribution in [-0.2, 0) is 26.2 Å². The third kappa shape index (κ3) is 6.73. The second kappa shape index (κ2) is 12.2. The number of anilines is 1. The standard InChI is InChI=1S/C27H30BrN3O4S/c1-4-29-27(33)21(3)30(18-22-9-8-10-23(28)17-22)26(32)19-31(24-15-13-20(2)14-16-24)36(34,35)25-11-6-5-7-12-25/h5-17,21H,4,18-19H2,1-3H3,(H,29,33). The van der Waals surface area contributed by atoms with Gasteiger partial charge < -0.3 is 10.2 Å². The van der Waals surface area contributed by atoms with Crippen molar-refractivity contribution >= 4 is 43.5 Å². The van der Waals surface area contributed by atoms with Crippen molar-refractivity contribution in [2.24, 2.45) is 0 Å². The first-order valence-corrected chi connectivity index (χ1v) is 13.8. The Morgan fingerprint density at radius 1 is 0.972 bits per heavy atom. The SMILES string of the molecule is CCNC(=O)C(C)N(Cc1cccc(Br)c1)C(=O)CN(c1ccc(C)cc1)S(=O)(=O)c1ccccc1. The molecule has 1 unspecified atom stereocenters. The van der Waals surface area contributed by atoms with Gasteiger partial charge in [0.25, 0.3) is 10.0 Å². The van der Waals surface area contributed by atoms with Crippen molar-refractivity contribution in [1.29, 1.82) is 0 Å². The van der Waals surface area contributed by atoms with E-state index in [1.807, 2.05) is 31.2 Å². The van der Waals surface area contributed by atoms with E-state index >= 15 is 0 Å². The topological polar surface area (TPSA) is 86.8 Å². The molecule has 3 aromatic rings. The number of nitrogens with zero attached hydrogens (tertiary/aromatic N) is 2. The molecule has 1 atom stereocenters. The van der Waals surface area contributed by atoms with Crippen LogP contribution in [0.5, 0.6) is 0 Å². The Balaban J connectivity index is 2.01. The lowest BCUT2D eigenvalue weighted by Gasteiger charge is -2.32. The number of halogens is 1. The molecule has 9 heteroatoms. The van der Waals surface area contributed by atoms with Crippen molar-refractivity contribution in [2.75, 3.05) is 17.4 Å². The quantitative estimate of drug-likeness (QED) is 0.388. The van der Waals surface area contributed by atoms with Crippen molar-refractivity contribution in [1.82, 2.24) is 10.2 Å². The third-order valence-electron chi connectivity index (χ3n) is 5.69. The maximum absolute atomic E-state index is 13.7. The molecule has 0 aliphatic heterocycles. The van der Waals surface area contributed by atoms with Gasteiger partial charge >= 0.3 is 0 Å². The summed E-state index contributed by atoms with van der Waals surface area (Å²) in [6.07, 6.45) is 0. The summed E-state index contributed by atoms with van der Waals surface area (Å²) in [4.78, 5) is 27.9. The van der Waals surface area contributed by atoms with Crippen LogP contribution in [-0.4, -0.2) is 44.3 Å². The van der Waals surface area contributed by atoms with E-state index in [2.05, 4.69) is 21.2 Å². The van der Waals surface area contributed by atoms with Gasteiger partial charge in [0.2, 0.25) is 11.8 Å². The molecule has 0 radical (unpaired) electrons. The second-order valence-corrected chi connectivity index (χ2v) is 11.2. The van der Waals surface area contributed by atoms with Gasteiger partial charge in [0.1, 0.15) is 12.6 Å². The van der Waals surface area contributed by atoms with Gasteiger partial charge in [-0.1, -0.05) is 64.0 Å². The van der Waals surface area contributed by atoms with Gasteiger partial charge in [-0.2, -0.15) is 0 Å². The molecule has 3 rings (SSSR count). The summed E-state index contributed by atoms with van der Waals surface area (Å²) in [7, 11) is -4.05. The number of hydrogen-bond acceptors (Lipinski definition) is 4. The Morgan fingerprint density at radius 3 is 2.25 bits per heavy atom. The summed E-state index contributed by atoms with van der Waals surface area (Å²) in [6, 6.07) is 21.6. The Bertz CT molecular complexity index is 1300. The zero-order chi connectivity index (χ0) is 26.3. The molecule has 3 aromatic carbocycles. The fourth-order valence-corrected chi connectivity index (χ4v) is 5.58. The summed E-state index contributed by atoms with van der Waals surface area (Å²) in [6.45, 7) is 5.44. The first-order valence-electron chi connectivity index (χ1n) is 11.6. The predicted molar refractivity (Wildman–Crippen MR) is 145 cm³/mol. The average Bonchev–Trinajstić information content (AvgIpc) is 2.86. The van der Waals surface area contributed by atoms with E-state index in [1.54, 1.807) is 56.3 Å². The summed E-state index contributed by atoms with van der Waals surface area (Å²) < 4.78 is 29.2. The predicted octanol–water partition coefficient (Wildman–Crippen LogP) is 4.51. The lowest BCUT2D eigenvalue weighted by molar-refractivity contribution is -0.139. The zero-order valence-electron chi connectivity index (χ0n) is 20.5. The molecule has 0 aromatic heterocycles. The maximum atomic E-state index is 13.7. The van der Waals surface area contributed by atoms with Crippen molar-refractivity contribution in [2.45, 2.75) is 38.3 Å². The molecule has 190 valence electrons. The van der Waals surface area contributed by atoms with Gasteiger partial charge in [0, 0.05) is 17.6 Å². The van der Waals surface area contributed by atoms with Crippen molar-refractivity contribution < 1.29 is 18.0 Å². The van der Waals surface area contributed by atoms with Gasteiger partial charge in [0.05, 0.1) is 10.6 Å². The smallest absolute Gasteiger partial charge is 0.264 e. The van der Waals surface area contributed by atoms with Gasteiger partial charge in [0.15, 0.2) is 0 Å². The first kappa shape index (κ1) is 27.4. The van der Waals surface area contributed by atoms with Crippen molar-refractivity contribution in [3.8, 4) is 0 Å². The van der Waals surface area contributed by atoms with Crippen LogP contribution in [0.1, 0.15) is 25.0 Å². The van der Waals surface area contributed by atoms with Gasteiger partial charge in [-0.3, -0.25) is 13.9 Å². The van der Waals surface area contributed by atoms with Crippen LogP contribution < -0.4 is 9.62 Å². The van der Waals surface area contributed by atoms with Crippen molar-refractivity contribution in [3.05, 3.63) is 94.5 Å². The van der Waals surface area contributed by atoms with Crippen LogP contribution >= 0.6 is 15.9 Å². The lowest BCUT2D eigenvalue weighted by Crippen LogP contribution is -2.51. The van der Waals surface area contributed by atoms with Gasteiger partial charge in [-0.15, -0.1) is 0 Å². The molecule has 1 N–H and O–H groups in total.